The summed E-state index contributed by atoms with van der Waals surface area (Å²) < 4.78 is 14.8. The van der Waals surface area contributed by atoms with Crippen molar-refractivity contribution >= 4 is 11.8 Å². The number of nitrogens with zero attached hydrogens (tertiary/aromatic N) is 3. The molecular weight excluding hydrogens is 311 g/mol. The molecule has 7 heteroatoms. The number of nitrogens with two attached hydrogens (primary N) is 1. The first kappa shape index (κ1) is 16.2. The van der Waals surface area contributed by atoms with E-state index in [2.05, 4.69) is 5.10 Å². The first-order valence-electron chi connectivity index (χ1n) is 7.87. The van der Waals surface area contributed by atoms with Crippen molar-refractivity contribution in [1.82, 2.24) is 14.7 Å². The smallest absolute Gasteiger partial charge is 0.274 e. The van der Waals surface area contributed by atoms with Gasteiger partial charge in [-0.1, -0.05) is 6.07 Å². The van der Waals surface area contributed by atoms with E-state index in [1.165, 1.54) is 16.8 Å². The highest BCUT2D eigenvalue weighted by molar-refractivity contribution is 5.93. The van der Waals surface area contributed by atoms with Gasteiger partial charge in [-0.05, 0) is 44.0 Å². The lowest BCUT2D eigenvalue weighted by atomic mass is 9.92. The molecule has 1 saturated heterocycles. The number of benzene rings is 1. The van der Waals surface area contributed by atoms with Crippen molar-refractivity contribution in [3.8, 4) is 5.69 Å². The number of primary amides is 1. The molecule has 1 fully saturated rings. The van der Waals surface area contributed by atoms with Crippen LogP contribution in [0.1, 0.15) is 30.3 Å². The number of piperidine rings is 1. The summed E-state index contributed by atoms with van der Waals surface area (Å²) in [6, 6.07) is 7.59. The molecule has 1 aromatic heterocycles. The number of hydrogen-bond donors (Lipinski definition) is 1. The second-order valence-electron chi connectivity index (χ2n) is 6.11. The van der Waals surface area contributed by atoms with E-state index in [1.54, 1.807) is 29.3 Å². The minimum atomic E-state index is -0.384. The van der Waals surface area contributed by atoms with E-state index >= 15 is 0 Å². The zero-order valence-electron chi connectivity index (χ0n) is 13.4. The maximum absolute atomic E-state index is 13.3. The van der Waals surface area contributed by atoms with E-state index < -0.39 is 0 Å². The van der Waals surface area contributed by atoms with E-state index in [9.17, 15) is 14.0 Å². The Kier molecular flexibility index (Phi) is 4.33. The fourth-order valence-corrected chi connectivity index (χ4v) is 2.97. The van der Waals surface area contributed by atoms with Gasteiger partial charge in [0.1, 0.15) is 5.82 Å². The second-order valence-corrected chi connectivity index (χ2v) is 6.11. The van der Waals surface area contributed by atoms with Gasteiger partial charge in [0.2, 0.25) is 5.91 Å². The van der Waals surface area contributed by atoms with Crippen LogP contribution in [0.25, 0.3) is 5.69 Å². The van der Waals surface area contributed by atoms with Gasteiger partial charge in [0, 0.05) is 18.8 Å². The summed E-state index contributed by atoms with van der Waals surface area (Å²) in [4.78, 5) is 25.8. The van der Waals surface area contributed by atoms with Crippen molar-refractivity contribution in [2.24, 2.45) is 11.7 Å². The van der Waals surface area contributed by atoms with Crippen LogP contribution in [0.2, 0.25) is 0 Å². The largest absolute Gasteiger partial charge is 0.369 e. The molecule has 0 saturated carbocycles. The Labute approximate surface area is 139 Å². The molecule has 2 N–H and O–H groups in total. The Bertz CT molecular complexity index is 773. The maximum atomic E-state index is 13.3. The van der Waals surface area contributed by atoms with Crippen LogP contribution in [0, 0.1) is 11.7 Å². The molecule has 126 valence electrons. The highest BCUT2D eigenvalue weighted by Gasteiger charge is 2.32. The van der Waals surface area contributed by atoms with Gasteiger partial charge < -0.3 is 10.6 Å². The monoisotopic (exact) mass is 330 g/mol. The standard InChI is InChI=1S/C17H19FN4O2/c1-11-5-6-12(16(19)23)10-21(11)17(24)15-7-8-22(20-15)14-4-2-3-13(18)9-14/h2-4,7-9,11-12H,5-6,10H2,1H3,(H2,19,23). The Balaban J connectivity index is 1.81. The van der Waals surface area contributed by atoms with Crippen molar-refractivity contribution in [3.63, 3.8) is 0 Å². The van der Waals surface area contributed by atoms with Gasteiger partial charge in [-0.2, -0.15) is 5.10 Å². The summed E-state index contributed by atoms with van der Waals surface area (Å²) in [7, 11) is 0. The molecule has 0 bridgehead atoms. The Morgan fingerprint density at radius 3 is 2.79 bits per heavy atom. The van der Waals surface area contributed by atoms with Gasteiger partial charge in [0.25, 0.3) is 5.91 Å². The first-order chi connectivity index (χ1) is 11.5. The molecule has 1 aliphatic rings. The molecule has 6 nitrogen and oxygen atoms in total. The van der Waals surface area contributed by atoms with Crippen LogP contribution in [0.4, 0.5) is 4.39 Å². The normalized spacial score (nSPS) is 20.8. The average molecular weight is 330 g/mol. The molecule has 2 heterocycles. The third-order valence-corrected chi connectivity index (χ3v) is 4.43. The summed E-state index contributed by atoms with van der Waals surface area (Å²) in [5.74, 6) is -1.33. The number of aromatic nitrogens is 2. The van der Waals surface area contributed by atoms with Crippen molar-refractivity contribution in [2.45, 2.75) is 25.8 Å². The van der Waals surface area contributed by atoms with Crippen LogP contribution in [-0.2, 0) is 4.79 Å². The zero-order chi connectivity index (χ0) is 17.3. The second kappa shape index (κ2) is 6.43. The molecule has 24 heavy (non-hydrogen) atoms. The number of carbonyl (C=O) groups excluding carboxylic acids is 2. The molecule has 0 radical (unpaired) electrons. The molecular formula is C17H19FN4O2. The zero-order valence-corrected chi connectivity index (χ0v) is 13.4. The van der Waals surface area contributed by atoms with Crippen LogP contribution < -0.4 is 5.73 Å². The predicted octanol–water partition coefficient (Wildman–Crippen LogP) is 1.74. The molecule has 2 unspecified atom stereocenters. The molecule has 2 amide bonds. The van der Waals surface area contributed by atoms with Gasteiger partial charge in [-0.25, -0.2) is 9.07 Å². The number of rotatable bonds is 3. The Morgan fingerprint density at radius 1 is 1.29 bits per heavy atom. The first-order valence-corrected chi connectivity index (χ1v) is 7.87. The molecule has 2 aromatic rings. The van der Waals surface area contributed by atoms with E-state index in [4.69, 9.17) is 5.73 Å². The lowest BCUT2D eigenvalue weighted by molar-refractivity contribution is -0.123. The van der Waals surface area contributed by atoms with Crippen molar-refractivity contribution in [1.29, 1.82) is 0 Å². The molecule has 2 atom stereocenters. The number of amides is 2. The van der Waals surface area contributed by atoms with Gasteiger partial charge in [0.05, 0.1) is 11.6 Å². The van der Waals surface area contributed by atoms with Crippen LogP contribution in [0.15, 0.2) is 36.5 Å². The van der Waals surface area contributed by atoms with Gasteiger partial charge in [-0.3, -0.25) is 9.59 Å². The fraction of sp³-hybridized carbons (Fsp3) is 0.353. The molecule has 1 aliphatic heterocycles. The number of hydrogen-bond acceptors (Lipinski definition) is 3. The predicted molar refractivity (Wildman–Crippen MR) is 85.9 cm³/mol. The summed E-state index contributed by atoms with van der Waals surface area (Å²) in [6.45, 7) is 2.25. The lowest BCUT2D eigenvalue weighted by Crippen LogP contribution is -2.48. The number of halogens is 1. The summed E-state index contributed by atoms with van der Waals surface area (Å²) in [6.07, 6.45) is 3.03. The third-order valence-electron chi connectivity index (χ3n) is 4.43. The number of likely N-dealkylation sites (tertiary alicyclic amines) is 1. The van der Waals surface area contributed by atoms with E-state index in [0.717, 1.165) is 6.42 Å². The van der Waals surface area contributed by atoms with Crippen LogP contribution in [0.3, 0.4) is 0 Å². The Morgan fingerprint density at radius 2 is 2.08 bits per heavy atom. The average Bonchev–Trinajstić information content (AvgIpc) is 3.04. The third kappa shape index (κ3) is 3.15. The number of carbonyl (C=O) groups is 2. The SMILES string of the molecule is CC1CCC(C(N)=O)CN1C(=O)c1ccn(-c2cccc(F)c2)n1. The lowest BCUT2D eigenvalue weighted by Gasteiger charge is -2.36. The van der Waals surface area contributed by atoms with E-state index in [-0.39, 0.29) is 35.3 Å². The minimum Gasteiger partial charge on any atom is -0.369 e. The fourth-order valence-electron chi connectivity index (χ4n) is 2.97. The van der Waals surface area contributed by atoms with Crippen molar-refractivity contribution in [2.75, 3.05) is 6.54 Å². The van der Waals surface area contributed by atoms with Crippen LogP contribution >= 0.6 is 0 Å². The van der Waals surface area contributed by atoms with Gasteiger partial charge >= 0.3 is 0 Å². The summed E-state index contributed by atoms with van der Waals surface area (Å²) in [5, 5.41) is 4.24. The van der Waals surface area contributed by atoms with E-state index in [0.29, 0.717) is 18.7 Å². The Hall–Kier alpha value is -2.70. The summed E-state index contributed by atoms with van der Waals surface area (Å²) >= 11 is 0. The van der Waals surface area contributed by atoms with Crippen molar-refractivity contribution < 1.29 is 14.0 Å². The molecule has 0 aliphatic carbocycles. The summed E-state index contributed by atoms with van der Waals surface area (Å²) in [5.41, 5.74) is 6.17. The van der Waals surface area contributed by atoms with Gasteiger partial charge in [0.15, 0.2) is 5.69 Å². The quantitative estimate of drug-likeness (QED) is 0.931. The molecule has 3 rings (SSSR count). The molecule has 0 spiro atoms. The minimum absolute atomic E-state index is 0.0208. The highest BCUT2D eigenvalue weighted by Crippen LogP contribution is 2.23. The van der Waals surface area contributed by atoms with Crippen LogP contribution in [0.5, 0.6) is 0 Å². The highest BCUT2D eigenvalue weighted by atomic mass is 19.1. The van der Waals surface area contributed by atoms with Gasteiger partial charge in [-0.15, -0.1) is 0 Å². The maximum Gasteiger partial charge on any atom is 0.274 e. The van der Waals surface area contributed by atoms with E-state index in [1.807, 2.05) is 6.92 Å². The van der Waals surface area contributed by atoms with Crippen molar-refractivity contribution in [3.05, 3.63) is 48.0 Å². The topological polar surface area (TPSA) is 81.2 Å². The molecule has 1 aromatic carbocycles. The van der Waals surface area contributed by atoms with Crippen LogP contribution in [-0.4, -0.2) is 39.1 Å².